The van der Waals surface area contributed by atoms with E-state index >= 15 is 0 Å². The Kier molecular flexibility index (Phi) is 1.68. The second-order valence-electron chi connectivity index (χ2n) is 2.07. The molecule has 0 aromatic rings. The molecule has 1 aliphatic rings. The molecule has 1 saturated heterocycles. The van der Waals surface area contributed by atoms with Crippen molar-refractivity contribution in [1.29, 1.82) is 0 Å². The molecule has 0 radical (unpaired) electrons. The lowest BCUT2D eigenvalue weighted by molar-refractivity contribution is -0.285. The molecule has 0 saturated carbocycles. The van der Waals surface area contributed by atoms with E-state index < -0.39 is 5.92 Å². The summed E-state index contributed by atoms with van der Waals surface area (Å²) in [6.07, 6.45) is 0. The van der Waals surface area contributed by atoms with Crippen molar-refractivity contribution in [2.75, 3.05) is 19.7 Å². The Morgan fingerprint density at radius 1 is 1.56 bits per heavy atom. The lowest BCUT2D eigenvalue weighted by Gasteiger charge is -2.36. The van der Waals surface area contributed by atoms with Gasteiger partial charge < -0.3 is 0 Å². The highest BCUT2D eigenvalue weighted by atomic mass is 19.3. The average Bonchev–Trinajstić information content (AvgIpc) is 1.62. The number of nitrogens with zero attached hydrogens (tertiary/aromatic N) is 1. The number of alkyl halides is 2. The Bertz CT molecular complexity index is 99.1. The second-order valence-corrected chi connectivity index (χ2v) is 2.07. The van der Waals surface area contributed by atoms with Crippen molar-refractivity contribution in [1.82, 2.24) is 5.06 Å². The van der Waals surface area contributed by atoms with E-state index in [0.717, 1.165) is 0 Å². The van der Waals surface area contributed by atoms with Crippen LogP contribution in [0.2, 0.25) is 0 Å². The van der Waals surface area contributed by atoms with Gasteiger partial charge in [-0.25, -0.2) is 8.78 Å². The third kappa shape index (κ3) is 1.59. The maximum absolute atomic E-state index is 12.0. The SMILES string of the molecule is CCON1CC(F)(F)C1. The predicted molar refractivity (Wildman–Crippen MR) is 28.1 cm³/mol. The number of hydrogen-bond acceptors (Lipinski definition) is 2. The van der Waals surface area contributed by atoms with Gasteiger partial charge in [-0.3, -0.25) is 4.84 Å². The largest absolute Gasteiger partial charge is 0.299 e. The van der Waals surface area contributed by atoms with Crippen LogP contribution in [0, 0.1) is 0 Å². The van der Waals surface area contributed by atoms with Crippen LogP contribution >= 0.6 is 0 Å². The third-order valence-electron chi connectivity index (χ3n) is 1.13. The third-order valence-corrected chi connectivity index (χ3v) is 1.13. The van der Waals surface area contributed by atoms with Crippen molar-refractivity contribution in [3.8, 4) is 0 Å². The normalized spacial score (nSPS) is 25.7. The molecule has 1 rings (SSSR count). The highest BCUT2D eigenvalue weighted by Crippen LogP contribution is 2.26. The van der Waals surface area contributed by atoms with E-state index in [2.05, 4.69) is 0 Å². The van der Waals surface area contributed by atoms with Crippen LogP contribution in [0.3, 0.4) is 0 Å². The van der Waals surface area contributed by atoms with Crippen LogP contribution in [0.25, 0.3) is 0 Å². The molecule has 0 N–H and O–H groups in total. The zero-order valence-corrected chi connectivity index (χ0v) is 5.23. The van der Waals surface area contributed by atoms with Crippen molar-refractivity contribution < 1.29 is 13.6 Å². The summed E-state index contributed by atoms with van der Waals surface area (Å²) in [5.41, 5.74) is 0. The Balaban J connectivity index is 2.12. The Labute approximate surface area is 52.4 Å². The van der Waals surface area contributed by atoms with E-state index in [0.29, 0.717) is 6.61 Å². The number of rotatable bonds is 2. The molecule has 1 heterocycles. The quantitative estimate of drug-likeness (QED) is 0.560. The highest BCUT2D eigenvalue weighted by molar-refractivity contribution is 4.81. The van der Waals surface area contributed by atoms with E-state index in [1.807, 2.05) is 0 Å². The first-order chi connectivity index (χ1) is 4.14. The van der Waals surface area contributed by atoms with Gasteiger partial charge in [-0.05, 0) is 6.92 Å². The molecule has 2 nitrogen and oxygen atoms in total. The molecular weight excluding hydrogens is 128 g/mol. The smallest absolute Gasteiger partial charge is 0.277 e. The van der Waals surface area contributed by atoms with E-state index in [1.165, 1.54) is 5.06 Å². The van der Waals surface area contributed by atoms with Crippen molar-refractivity contribution >= 4 is 0 Å². The molecule has 0 amide bonds. The summed E-state index contributed by atoms with van der Waals surface area (Å²) in [7, 11) is 0. The fourth-order valence-electron chi connectivity index (χ4n) is 0.744. The number of hydroxylamine groups is 2. The summed E-state index contributed by atoms with van der Waals surface area (Å²) in [5, 5.41) is 1.26. The van der Waals surface area contributed by atoms with Gasteiger partial charge >= 0.3 is 0 Å². The van der Waals surface area contributed by atoms with Crippen LogP contribution in [0.15, 0.2) is 0 Å². The van der Waals surface area contributed by atoms with Crippen LogP contribution in [0.4, 0.5) is 8.78 Å². The lowest BCUT2D eigenvalue weighted by Crippen LogP contribution is -2.55. The molecule has 0 bridgehead atoms. The summed E-state index contributed by atoms with van der Waals surface area (Å²) in [5.74, 6) is -2.50. The zero-order valence-electron chi connectivity index (χ0n) is 5.23. The van der Waals surface area contributed by atoms with Gasteiger partial charge in [0.05, 0.1) is 19.7 Å². The minimum atomic E-state index is -2.50. The van der Waals surface area contributed by atoms with Crippen LogP contribution in [0.1, 0.15) is 6.92 Å². The van der Waals surface area contributed by atoms with Gasteiger partial charge in [-0.15, -0.1) is 0 Å². The van der Waals surface area contributed by atoms with Gasteiger partial charge in [0.1, 0.15) is 0 Å². The summed E-state index contributed by atoms with van der Waals surface area (Å²) in [6.45, 7) is 1.74. The first-order valence-electron chi connectivity index (χ1n) is 2.90. The van der Waals surface area contributed by atoms with Crippen LogP contribution in [-0.2, 0) is 4.84 Å². The molecule has 54 valence electrons. The number of hydrogen-bond donors (Lipinski definition) is 0. The van der Waals surface area contributed by atoms with Gasteiger partial charge in [0.15, 0.2) is 0 Å². The Morgan fingerprint density at radius 2 is 2.11 bits per heavy atom. The molecular formula is C5H9F2NO. The molecule has 0 spiro atoms. The van der Waals surface area contributed by atoms with Crippen molar-refractivity contribution in [3.05, 3.63) is 0 Å². The molecule has 4 heteroatoms. The maximum Gasteiger partial charge on any atom is 0.277 e. The van der Waals surface area contributed by atoms with Crippen LogP contribution in [0.5, 0.6) is 0 Å². The minimum Gasteiger partial charge on any atom is -0.299 e. The standard InChI is InChI=1S/C5H9F2NO/c1-2-9-8-3-5(6,7)4-8/h2-4H2,1H3. The molecule has 1 aliphatic heterocycles. The molecule has 0 unspecified atom stereocenters. The van der Waals surface area contributed by atoms with Gasteiger partial charge in [0.2, 0.25) is 0 Å². The minimum absolute atomic E-state index is 0.249. The maximum atomic E-state index is 12.0. The van der Waals surface area contributed by atoms with Gasteiger partial charge in [0.25, 0.3) is 5.92 Å². The average molecular weight is 137 g/mol. The topological polar surface area (TPSA) is 12.5 Å². The predicted octanol–water partition coefficient (Wildman–Crippen LogP) is 0.889. The molecule has 0 aliphatic carbocycles. The van der Waals surface area contributed by atoms with E-state index in [1.54, 1.807) is 6.92 Å². The first kappa shape index (κ1) is 6.89. The van der Waals surface area contributed by atoms with Gasteiger partial charge in [0, 0.05) is 0 Å². The van der Waals surface area contributed by atoms with Crippen molar-refractivity contribution in [2.45, 2.75) is 12.8 Å². The molecule has 0 aromatic carbocycles. The van der Waals surface area contributed by atoms with Gasteiger partial charge in [-0.1, -0.05) is 0 Å². The first-order valence-corrected chi connectivity index (χ1v) is 2.90. The number of halogens is 2. The summed E-state index contributed by atoms with van der Waals surface area (Å²) >= 11 is 0. The zero-order chi connectivity index (χ0) is 6.91. The highest BCUT2D eigenvalue weighted by Gasteiger charge is 2.44. The van der Waals surface area contributed by atoms with E-state index in [4.69, 9.17) is 4.84 Å². The lowest BCUT2D eigenvalue weighted by atomic mass is 10.2. The molecule has 9 heavy (non-hydrogen) atoms. The summed E-state index contributed by atoms with van der Waals surface area (Å²) in [4.78, 5) is 4.77. The Hall–Kier alpha value is -0.220. The van der Waals surface area contributed by atoms with Gasteiger partial charge in [-0.2, -0.15) is 5.06 Å². The van der Waals surface area contributed by atoms with Crippen LogP contribution in [-0.4, -0.2) is 30.7 Å². The van der Waals surface area contributed by atoms with Crippen LogP contribution < -0.4 is 0 Å². The monoisotopic (exact) mass is 137 g/mol. The van der Waals surface area contributed by atoms with Crippen molar-refractivity contribution in [3.63, 3.8) is 0 Å². The molecule has 0 aromatic heterocycles. The summed E-state index contributed by atoms with van der Waals surface area (Å²) in [6, 6.07) is 0. The fraction of sp³-hybridized carbons (Fsp3) is 1.00. The van der Waals surface area contributed by atoms with E-state index in [-0.39, 0.29) is 13.1 Å². The fourth-order valence-corrected chi connectivity index (χ4v) is 0.744. The Morgan fingerprint density at radius 3 is 2.44 bits per heavy atom. The summed E-state index contributed by atoms with van der Waals surface area (Å²) < 4.78 is 24.0. The molecule has 1 fully saturated rings. The second kappa shape index (κ2) is 2.19. The van der Waals surface area contributed by atoms with E-state index in [9.17, 15) is 8.78 Å². The molecule has 0 atom stereocenters. The van der Waals surface area contributed by atoms with Crippen molar-refractivity contribution in [2.24, 2.45) is 0 Å².